The number of aryl methyl sites for hydroxylation is 1. The fourth-order valence-corrected chi connectivity index (χ4v) is 2.38. The maximum Gasteiger partial charge on any atom is 0.224 e. The van der Waals surface area contributed by atoms with E-state index in [1.807, 2.05) is 55.5 Å². The van der Waals surface area contributed by atoms with Crippen LogP contribution in [0.15, 0.2) is 48.5 Å². The molecule has 5 heteroatoms. The van der Waals surface area contributed by atoms with E-state index in [1.54, 1.807) is 0 Å². The van der Waals surface area contributed by atoms with Crippen molar-refractivity contribution >= 4 is 22.8 Å². The molecule has 0 radical (unpaired) electrons. The van der Waals surface area contributed by atoms with Crippen molar-refractivity contribution < 1.29 is 9.90 Å². The van der Waals surface area contributed by atoms with Crippen LogP contribution in [0.2, 0.25) is 0 Å². The minimum atomic E-state index is -1.20. The van der Waals surface area contributed by atoms with Gasteiger partial charge in [0.25, 0.3) is 0 Å². The molecule has 0 amide bonds. The van der Waals surface area contributed by atoms with Gasteiger partial charge in [0.1, 0.15) is 0 Å². The van der Waals surface area contributed by atoms with Gasteiger partial charge in [0.15, 0.2) is 0 Å². The standard InChI is InChI=1S/C18H17N3O2/c1-11-8-9-15-14(10-11)16(13-6-4-3-5-7-13)21-18(20-15)19-12(2)17(22)23/h3-10,12H,1-2H3,(H,22,23)(H,19,20,21)/p-1/t12-/m1/s1. The molecule has 3 aromatic rings. The number of nitrogens with one attached hydrogen (secondary N) is 1. The van der Waals surface area contributed by atoms with Crippen LogP contribution in [0, 0.1) is 6.92 Å². The first-order chi connectivity index (χ1) is 11.0. The number of hydrogen-bond donors (Lipinski definition) is 1. The smallest absolute Gasteiger partial charge is 0.224 e. The molecule has 3 rings (SSSR count). The normalized spacial score (nSPS) is 12.1. The molecular weight excluding hydrogens is 290 g/mol. The number of aromatic nitrogens is 2. The summed E-state index contributed by atoms with van der Waals surface area (Å²) >= 11 is 0. The molecule has 1 N–H and O–H groups in total. The van der Waals surface area contributed by atoms with Gasteiger partial charge >= 0.3 is 0 Å². The first kappa shape index (κ1) is 15.0. The number of carbonyl (C=O) groups excluding carboxylic acids is 1. The molecule has 1 atom stereocenters. The summed E-state index contributed by atoms with van der Waals surface area (Å²) in [5.74, 6) is -0.921. The quantitative estimate of drug-likeness (QED) is 0.799. The van der Waals surface area contributed by atoms with Crippen LogP contribution in [0.25, 0.3) is 22.2 Å². The first-order valence-electron chi connectivity index (χ1n) is 7.36. The second-order valence-electron chi connectivity index (χ2n) is 5.47. The van der Waals surface area contributed by atoms with Crippen LogP contribution in [-0.4, -0.2) is 22.0 Å². The van der Waals surface area contributed by atoms with Gasteiger partial charge in [0.2, 0.25) is 5.95 Å². The van der Waals surface area contributed by atoms with Gasteiger partial charge in [0.05, 0.1) is 23.2 Å². The van der Waals surface area contributed by atoms with Crippen molar-refractivity contribution in [3.05, 3.63) is 54.1 Å². The summed E-state index contributed by atoms with van der Waals surface area (Å²) < 4.78 is 0. The van der Waals surface area contributed by atoms with Crippen LogP contribution in [0.1, 0.15) is 12.5 Å². The molecule has 0 aliphatic rings. The predicted octanol–water partition coefficient (Wildman–Crippen LogP) is 2.16. The van der Waals surface area contributed by atoms with E-state index in [0.29, 0.717) is 0 Å². The van der Waals surface area contributed by atoms with Crippen LogP contribution in [0.4, 0.5) is 5.95 Å². The van der Waals surface area contributed by atoms with Crippen molar-refractivity contribution in [1.82, 2.24) is 9.97 Å². The zero-order chi connectivity index (χ0) is 16.4. The highest BCUT2D eigenvalue weighted by atomic mass is 16.4. The molecule has 0 unspecified atom stereocenters. The summed E-state index contributed by atoms with van der Waals surface area (Å²) in [6, 6.07) is 14.8. The van der Waals surface area contributed by atoms with Crippen molar-refractivity contribution in [3.63, 3.8) is 0 Å². The molecule has 0 saturated carbocycles. The minimum absolute atomic E-state index is 0.275. The summed E-state index contributed by atoms with van der Waals surface area (Å²) in [7, 11) is 0. The predicted molar refractivity (Wildman–Crippen MR) is 87.8 cm³/mol. The second kappa shape index (κ2) is 6.04. The maximum atomic E-state index is 10.9. The van der Waals surface area contributed by atoms with Gasteiger partial charge in [-0.25, -0.2) is 9.97 Å². The number of fused-ring (bicyclic) bond motifs is 1. The number of carboxylic acid groups (broad SMARTS) is 1. The summed E-state index contributed by atoms with van der Waals surface area (Å²) in [5.41, 5.74) is 3.60. The van der Waals surface area contributed by atoms with E-state index in [2.05, 4.69) is 15.3 Å². The van der Waals surface area contributed by atoms with E-state index in [4.69, 9.17) is 0 Å². The lowest BCUT2D eigenvalue weighted by atomic mass is 10.0. The monoisotopic (exact) mass is 306 g/mol. The summed E-state index contributed by atoms with van der Waals surface area (Å²) in [4.78, 5) is 19.9. The molecule has 2 aromatic carbocycles. The minimum Gasteiger partial charge on any atom is -0.548 e. The van der Waals surface area contributed by atoms with E-state index < -0.39 is 12.0 Å². The highest BCUT2D eigenvalue weighted by Gasteiger charge is 2.12. The van der Waals surface area contributed by atoms with Gasteiger partial charge in [-0.05, 0) is 26.0 Å². The van der Waals surface area contributed by atoms with Crippen molar-refractivity contribution in [3.8, 4) is 11.3 Å². The van der Waals surface area contributed by atoms with Gasteiger partial charge in [-0.15, -0.1) is 0 Å². The number of rotatable bonds is 4. The molecule has 0 aliphatic carbocycles. The average Bonchev–Trinajstić information content (AvgIpc) is 2.55. The third-order valence-corrected chi connectivity index (χ3v) is 3.60. The number of hydrogen-bond acceptors (Lipinski definition) is 5. The van der Waals surface area contributed by atoms with Gasteiger partial charge in [-0.3, -0.25) is 0 Å². The van der Waals surface area contributed by atoms with Gasteiger partial charge < -0.3 is 15.2 Å². The Kier molecular flexibility index (Phi) is 3.93. The Bertz CT molecular complexity index is 863. The van der Waals surface area contributed by atoms with Gasteiger partial charge in [-0.2, -0.15) is 0 Å². The highest BCUT2D eigenvalue weighted by molar-refractivity contribution is 5.93. The zero-order valence-electron chi connectivity index (χ0n) is 12.9. The van der Waals surface area contributed by atoms with E-state index in [0.717, 1.165) is 27.7 Å². The van der Waals surface area contributed by atoms with Gasteiger partial charge in [-0.1, -0.05) is 42.0 Å². The van der Waals surface area contributed by atoms with Crippen LogP contribution in [-0.2, 0) is 4.79 Å². The van der Waals surface area contributed by atoms with Crippen LogP contribution in [0.5, 0.6) is 0 Å². The summed E-state index contributed by atoms with van der Waals surface area (Å²) in [6.07, 6.45) is 0. The van der Waals surface area contributed by atoms with Crippen molar-refractivity contribution in [2.24, 2.45) is 0 Å². The molecule has 0 saturated heterocycles. The lowest BCUT2D eigenvalue weighted by Gasteiger charge is -2.16. The Morgan fingerprint density at radius 2 is 1.87 bits per heavy atom. The third kappa shape index (κ3) is 3.13. The molecule has 1 aromatic heterocycles. The van der Waals surface area contributed by atoms with Crippen LogP contribution >= 0.6 is 0 Å². The fourth-order valence-electron chi connectivity index (χ4n) is 2.38. The van der Waals surface area contributed by atoms with E-state index in [1.165, 1.54) is 6.92 Å². The lowest BCUT2D eigenvalue weighted by Crippen LogP contribution is -2.39. The Morgan fingerprint density at radius 1 is 1.13 bits per heavy atom. The molecule has 5 nitrogen and oxygen atoms in total. The zero-order valence-corrected chi connectivity index (χ0v) is 12.9. The SMILES string of the molecule is Cc1ccc2nc(N[C@H](C)C(=O)[O-])nc(-c3ccccc3)c2c1. The van der Waals surface area contributed by atoms with E-state index >= 15 is 0 Å². The Balaban J connectivity index is 2.18. The first-order valence-corrected chi connectivity index (χ1v) is 7.36. The van der Waals surface area contributed by atoms with Gasteiger partial charge in [0, 0.05) is 10.9 Å². The Labute approximate surface area is 134 Å². The molecule has 0 spiro atoms. The Morgan fingerprint density at radius 3 is 2.57 bits per heavy atom. The molecular formula is C18H16N3O2-. The molecule has 0 fully saturated rings. The molecule has 116 valence electrons. The maximum absolute atomic E-state index is 10.9. The van der Waals surface area contributed by atoms with E-state index in [9.17, 15) is 9.90 Å². The number of aliphatic carboxylic acids is 1. The number of benzene rings is 2. The number of nitrogens with zero attached hydrogens (tertiary/aromatic N) is 2. The van der Waals surface area contributed by atoms with E-state index in [-0.39, 0.29) is 5.95 Å². The summed E-state index contributed by atoms with van der Waals surface area (Å²) in [6.45, 7) is 3.51. The van der Waals surface area contributed by atoms with Crippen molar-refractivity contribution in [2.75, 3.05) is 5.32 Å². The van der Waals surface area contributed by atoms with Crippen molar-refractivity contribution in [1.29, 1.82) is 0 Å². The highest BCUT2D eigenvalue weighted by Crippen LogP contribution is 2.28. The van der Waals surface area contributed by atoms with Crippen molar-refractivity contribution in [2.45, 2.75) is 19.9 Å². The lowest BCUT2D eigenvalue weighted by molar-refractivity contribution is -0.306. The Hall–Kier alpha value is -2.95. The topological polar surface area (TPSA) is 77.9 Å². The molecule has 1 heterocycles. The molecule has 0 aliphatic heterocycles. The average molecular weight is 306 g/mol. The molecule has 0 bridgehead atoms. The summed E-state index contributed by atoms with van der Waals surface area (Å²) in [5, 5.41) is 14.6. The van der Waals surface area contributed by atoms with Crippen LogP contribution < -0.4 is 10.4 Å². The fraction of sp³-hybridized carbons (Fsp3) is 0.167. The van der Waals surface area contributed by atoms with Crippen LogP contribution in [0.3, 0.4) is 0 Å². The second-order valence-corrected chi connectivity index (χ2v) is 5.47. The number of carbonyl (C=O) groups is 1. The number of carboxylic acids is 1. The largest absolute Gasteiger partial charge is 0.548 e. The molecule has 23 heavy (non-hydrogen) atoms. The third-order valence-electron chi connectivity index (χ3n) is 3.60. The number of anilines is 1.